The molecular formula is C13H11ClINO. The zero-order valence-electron chi connectivity index (χ0n) is 9.28. The molecule has 0 aliphatic heterocycles. The van der Waals surface area contributed by atoms with Gasteiger partial charge in [-0.25, -0.2) is 0 Å². The van der Waals surface area contributed by atoms with E-state index in [0.717, 1.165) is 11.1 Å². The van der Waals surface area contributed by atoms with Crippen LogP contribution >= 0.6 is 34.2 Å². The number of pyridine rings is 1. The van der Waals surface area contributed by atoms with Crippen LogP contribution in [0.5, 0.6) is 0 Å². The minimum atomic E-state index is 0.0183. The van der Waals surface area contributed by atoms with Gasteiger partial charge in [0.05, 0.1) is 10.1 Å². The largest absolute Gasteiger partial charge is 0.310 e. The highest BCUT2D eigenvalue weighted by Gasteiger charge is 2.04. The molecule has 2 rings (SSSR count). The summed E-state index contributed by atoms with van der Waals surface area (Å²) in [5, 5.41) is 0.704. The van der Waals surface area contributed by atoms with Crippen molar-refractivity contribution in [3.63, 3.8) is 0 Å². The summed E-state index contributed by atoms with van der Waals surface area (Å²) in [5.41, 5.74) is 2.10. The van der Waals surface area contributed by atoms with Crippen molar-refractivity contribution in [2.45, 2.75) is 13.5 Å². The van der Waals surface area contributed by atoms with Crippen LogP contribution in [0, 0.1) is 10.5 Å². The highest BCUT2D eigenvalue weighted by Crippen LogP contribution is 2.18. The molecule has 0 aliphatic rings. The monoisotopic (exact) mass is 359 g/mol. The first-order valence-corrected chi connectivity index (χ1v) is 6.63. The molecule has 1 aromatic heterocycles. The standard InChI is InChI=1S/C13H11ClINO/c1-9-4-5-10(11(14)7-9)8-16-6-2-3-12(15)13(16)17/h2-7H,8H2,1H3. The first-order valence-electron chi connectivity index (χ1n) is 5.18. The summed E-state index contributed by atoms with van der Waals surface area (Å²) in [6, 6.07) is 9.54. The Kier molecular flexibility index (Phi) is 3.89. The van der Waals surface area contributed by atoms with Gasteiger partial charge in [0.2, 0.25) is 0 Å². The molecule has 88 valence electrons. The normalized spacial score (nSPS) is 10.5. The molecule has 0 unspecified atom stereocenters. The zero-order chi connectivity index (χ0) is 12.4. The number of rotatable bonds is 2. The topological polar surface area (TPSA) is 22.0 Å². The fourth-order valence-corrected chi connectivity index (χ4v) is 2.41. The summed E-state index contributed by atoms with van der Waals surface area (Å²) in [4.78, 5) is 11.9. The molecule has 17 heavy (non-hydrogen) atoms. The van der Waals surface area contributed by atoms with Gasteiger partial charge in [-0.1, -0.05) is 23.7 Å². The molecule has 2 aromatic rings. The molecule has 0 aliphatic carbocycles. The number of hydrogen-bond acceptors (Lipinski definition) is 1. The SMILES string of the molecule is Cc1ccc(Cn2cccc(I)c2=O)c(Cl)c1. The van der Waals surface area contributed by atoms with Crippen molar-refractivity contribution < 1.29 is 0 Å². The van der Waals surface area contributed by atoms with E-state index in [-0.39, 0.29) is 5.56 Å². The number of aryl methyl sites for hydroxylation is 1. The lowest BCUT2D eigenvalue weighted by molar-refractivity contribution is 0.754. The van der Waals surface area contributed by atoms with E-state index in [1.807, 2.05) is 53.8 Å². The van der Waals surface area contributed by atoms with E-state index < -0.39 is 0 Å². The predicted molar refractivity (Wildman–Crippen MR) is 78.7 cm³/mol. The maximum absolute atomic E-state index is 11.9. The molecule has 0 saturated carbocycles. The van der Waals surface area contributed by atoms with Gasteiger partial charge >= 0.3 is 0 Å². The van der Waals surface area contributed by atoms with Crippen LogP contribution in [0.3, 0.4) is 0 Å². The number of aromatic nitrogens is 1. The van der Waals surface area contributed by atoms with Crippen LogP contribution in [-0.2, 0) is 6.54 Å². The molecule has 0 bridgehead atoms. The molecule has 1 heterocycles. The van der Waals surface area contributed by atoms with Gasteiger partial charge < -0.3 is 4.57 Å². The quantitative estimate of drug-likeness (QED) is 0.753. The Hall–Kier alpha value is -0.810. The molecular weight excluding hydrogens is 349 g/mol. The van der Waals surface area contributed by atoms with Crippen LogP contribution in [0.25, 0.3) is 0 Å². The van der Waals surface area contributed by atoms with Crippen molar-refractivity contribution in [2.75, 3.05) is 0 Å². The molecule has 4 heteroatoms. The number of benzene rings is 1. The van der Waals surface area contributed by atoms with Crippen LogP contribution < -0.4 is 5.56 Å². The number of nitrogens with zero attached hydrogens (tertiary/aromatic N) is 1. The Bertz CT molecular complexity index is 607. The van der Waals surface area contributed by atoms with Gasteiger partial charge in [0.1, 0.15) is 0 Å². The number of hydrogen-bond donors (Lipinski definition) is 0. The van der Waals surface area contributed by atoms with Crippen molar-refractivity contribution in [1.29, 1.82) is 0 Å². The van der Waals surface area contributed by atoms with Crippen LogP contribution in [0.2, 0.25) is 5.02 Å². The Labute approximate surface area is 118 Å². The average Bonchev–Trinajstić information content (AvgIpc) is 2.28. The lowest BCUT2D eigenvalue weighted by atomic mass is 10.1. The molecule has 2 nitrogen and oxygen atoms in total. The predicted octanol–water partition coefficient (Wildman–Crippen LogP) is 3.46. The highest BCUT2D eigenvalue weighted by atomic mass is 127. The van der Waals surface area contributed by atoms with Gasteiger partial charge in [-0.15, -0.1) is 0 Å². The Balaban J connectivity index is 2.38. The highest BCUT2D eigenvalue weighted by molar-refractivity contribution is 14.1. The van der Waals surface area contributed by atoms with Crippen LogP contribution in [0.15, 0.2) is 41.3 Å². The average molecular weight is 360 g/mol. The van der Waals surface area contributed by atoms with Crippen LogP contribution in [0.1, 0.15) is 11.1 Å². The summed E-state index contributed by atoms with van der Waals surface area (Å²) in [6.07, 6.45) is 1.78. The van der Waals surface area contributed by atoms with Gasteiger partial charge in [-0.2, -0.15) is 0 Å². The fraction of sp³-hybridized carbons (Fsp3) is 0.154. The summed E-state index contributed by atoms with van der Waals surface area (Å²) < 4.78 is 2.38. The van der Waals surface area contributed by atoms with Crippen molar-refractivity contribution in [3.05, 3.63) is 66.6 Å². The molecule has 0 saturated heterocycles. The van der Waals surface area contributed by atoms with Crippen molar-refractivity contribution in [3.8, 4) is 0 Å². The first kappa shape index (κ1) is 12.6. The van der Waals surface area contributed by atoms with Crippen LogP contribution in [0.4, 0.5) is 0 Å². The Morgan fingerprint density at radius 2 is 2.12 bits per heavy atom. The molecule has 0 N–H and O–H groups in total. The molecule has 0 spiro atoms. The Morgan fingerprint density at radius 1 is 1.35 bits per heavy atom. The summed E-state index contributed by atoms with van der Waals surface area (Å²) >= 11 is 8.19. The number of halogens is 2. The van der Waals surface area contributed by atoms with Gasteiger partial charge in [-0.3, -0.25) is 4.79 Å². The first-order chi connectivity index (χ1) is 8.08. The van der Waals surface area contributed by atoms with E-state index in [2.05, 4.69) is 0 Å². The van der Waals surface area contributed by atoms with E-state index in [1.54, 1.807) is 16.8 Å². The van der Waals surface area contributed by atoms with Crippen LogP contribution in [-0.4, -0.2) is 4.57 Å². The molecule has 0 amide bonds. The zero-order valence-corrected chi connectivity index (χ0v) is 12.2. The summed E-state index contributed by atoms with van der Waals surface area (Å²) in [6.45, 7) is 2.50. The van der Waals surface area contributed by atoms with E-state index in [4.69, 9.17) is 11.6 Å². The smallest absolute Gasteiger partial charge is 0.264 e. The van der Waals surface area contributed by atoms with Gasteiger partial charge in [0.25, 0.3) is 5.56 Å². The summed E-state index contributed by atoms with van der Waals surface area (Å²) in [5.74, 6) is 0. The molecule has 1 aromatic carbocycles. The molecule has 0 radical (unpaired) electrons. The lowest BCUT2D eigenvalue weighted by Gasteiger charge is -2.08. The minimum absolute atomic E-state index is 0.0183. The Morgan fingerprint density at radius 3 is 2.82 bits per heavy atom. The van der Waals surface area contributed by atoms with Crippen molar-refractivity contribution >= 4 is 34.2 Å². The third-order valence-corrected chi connectivity index (χ3v) is 3.70. The molecule has 0 atom stereocenters. The van der Waals surface area contributed by atoms with Gasteiger partial charge in [0, 0.05) is 11.2 Å². The fourth-order valence-electron chi connectivity index (χ4n) is 1.60. The third-order valence-electron chi connectivity index (χ3n) is 2.52. The maximum atomic E-state index is 11.9. The van der Waals surface area contributed by atoms with Gasteiger partial charge in [0.15, 0.2) is 0 Å². The third kappa shape index (κ3) is 2.90. The second kappa shape index (κ2) is 5.23. The van der Waals surface area contributed by atoms with E-state index in [1.165, 1.54) is 0 Å². The lowest BCUT2D eigenvalue weighted by Crippen LogP contribution is -2.21. The van der Waals surface area contributed by atoms with E-state index in [0.29, 0.717) is 15.1 Å². The van der Waals surface area contributed by atoms with Gasteiger partial charge in [-0.05, 0) is 58.8 Å². The van der Waals surface area contributed by atoms with Crippen molar-refractivity contribution in [2.24, 2.45) is 0 Å². The van der Waals surface area contributed by atoms with E-state index >= 15 is 0 Å². The minimum Gasteiger partial charge on any atom is -0.310 e. The molecule has 0 fully saturated rings. The second-order valence-electron chi connectivity index (χ2n) is 3.88. The van der Waals surface area contributed by atoms with E-state index in [9.17, 15) is 4.79 Å². The maximum Gasteiger partial charge on any atom is 0.264 e. The summed E-state index contributed by atoms with van der Waals surface area (Å²) in [7, 11) is 0. The van der Waals surface area contributed by atoms with Crippen molar-refractivity contribution in [1.82, 2.24) is 4.57 Å². The second-order valence-corrected chi connectivity index (χ2v) is 5.45.